The molecule has 8 nitrogen and oxygen atoms in total. The summed E-state index contributed by atoms with van der Waals surface area (Å²) in [6.45, 7) is 0.846. The lowest BCUT2D eigenvalue weighted by molar-refractivity contribution is -0.137. The zero-order valence-corrected chi connectivity index (χ0v) is 18.3. The molecule has 2 aromatic carbocycles. The Morgan fingerprint density at radius 3 is 2.56 bits per heavy atom. The summed E-state index contributed by atoms with van der Waals surface area (Å²) in [5.74, 6) is -1.28. The van der Waals surface area contributed by atoms with Gasteiger partial charge in [-0.15, -0.1) is 0 Å². The maximum absolute atomic E-state index is 14.7. The number of hydrogen-bond acceptors (Lipinski definition) is 6. The molecule has 4 aromatic rings. The van der Waals surface area contributed by atoms with E-state index in [4.69, 9.17) is 4.11 Å². The number of aryl methyl sites for hydroxylation is 1. The number of nitrogens with one attached hydrogen (secondary N) is 3. The highest BCUT2D eigenvalue weighted by molar-refractivity contribution is 5.99. The summed E-state index contributed by atoms with van der Waals surface area (Å²) in [5, 5.41) is 11.8. The minimum absolute atomic E-state index is 0.00145. The summed E-state index contributed by atoms with van der Waals surface area (Å²) >= 11 is 0. The Kier molecular flexibility index (Phi) is 5.65. The molecule has 12 heteroatoms. The maximum Gasteiger partial charge on any atom is 0.416 e. The largest absolute Gasteiger partial charge is 0.416 e. The van der Waals surface area contributed by atoms with Crippen LogP contribution in [-0.4, -0.2) is 25.7 Å². The molecule has 0 bridgehead atoms. The molecule has 3 N–H and O–H groups in total. The van der Waals surface area contributed by atoms with Crippen LogP contribution in [0.1, 0.15) is 9.68 Å². The second-order valence-electron chi connectivity index (χ2n) is 7.34. The number of hydrogen-bond donors (Lipinski definition) is 3. The molecule has 0 atom stereocenters. The molecule has 0 fully saturated rings. The monoisotopic (exact) mass is 500 g/mol. The Morgan fingerprint density at radius 1 is 1.11 bits per heavy atom. The van der Waals surface area contributed by atoms with Gasteiger partial charge in [-0.05, 0) is 42.0 Å². The molecule has 184 valence electrons. The van der Waals surface area contributed by atoms with Crippen LogP contribution in [0.2, 0.25) is 0 Å². The van der Waals surface area contributed by atoms with E-state index in [0.29, 0.717) is 5.56 Å². The first kappa shape index (κ1) is 20.6. The molecular formula is C24H19F4N7O. The van der Waals surface area contributed by atoms with Gasteiger partial charge in [-0.2, -0.15) is 23.3 Å². The van der Waals surface area contributed by atoms with E-state index in [0.717, 1.165) is 29.0 Å². The standard InChI is InChI=1S/C24H19F4N7O/c1-3-21(36)31-16-8-9-19(25)20(10-16)33-22-18(14-4-6-15(7-5-14)24(26,27)28)12-29-23(34-22)32-17-11-30-35(2)13-17/h3-13H,1H2,2H3,(H,31,36)(H2,29,32,33,34)/i2D3. The first-order chi connectivity index (χ1) is 18.3. The smallest absolute Gasteiger partial charge is 0.337 e. The first-order valence-electron chi connectivity index (χ1n) is 11.7. The van der Waals surface area contributed by atoms with E-state index in [-0.39, 0.29) is 34.4 Å². The van der Waals surface area contributed by atoms with Crippen molar-refractivity contribution in [1.29, 1.82) is 0 Å². The molecule has 2 heterocycles. The van der Waals surface area contributed by atoms with Gasteiger partial charge in [0.15, 0.2) is 0 Å². The molecule has 0 aliphatic heterocycles. The van der Waals surface area contributed by atoms with Crippen molar-refractivity contribution in [3.63, 3.8) is 0 Å². The fourth-order valence-electron chi connectivity index (χ4n) is 3.12. The van der Waals surface area contributed by atoms with Gasteiger partial charge in [0.05, 0.1) is 23.1 Å². The molecule has 0 spiro atoms. The number of benzene rings is 2. The van der Waals surface area contributed by atoms with E-state index in [9.17, 15) is 22.4 Å². The van der Waals surface area contributed by atoms with Gasteiger partial charge in [-0.25, -0.2) is 9.37 Å². The zero-order chi connectivity index (χ0) is 28.4. The average Bonchev–Trinajstić information content (AvgIpc) is 3.35. The van der Waals surface area contributed by atoms with Gasteiger partial charge in [-0.3, -0.25) is 9.48 Å². The van der Waals surface area contributed by atoms with Gasteiger partial charge in [0.2, 0.25) is 11.9 Å². The number of halogens is 4. The molecule has 0 saturated carbocycles. The Balaban J connectivity index is 1.73. The van der Waals surface area contributed by atoms with Crippen molar-refractivity contribution in [2.45, 2.75) is 6.18 Å². The van der Waals surface area contributed by atoms with Gasteiger partial charge < -0.3 is 16.0 Å². The maximum atomic E-state index is 14.7. The molecule has 2 aromatic heterocycles. The summed E-state index contributed by atoms with van der Waals surface area (Å²) in [7, 11) is 0. The first-order valence-corrected chi connectivity index (χ1v) is 10.2. The molecule has 0 radical (unpaired) electrons. The van der Waals surface area contributed by atoms with E-state index in [1.807, 2.05) is 0 Å². The molecule has 0 aliphatic rings. The van der Waals surface area contributed by atoms with Crippen molar-refractivity contribution < 1.29 is 26.5 Å². The van der Waals surface area contributed by atoms with Crippen molar-refractivity contribution in [3.05, 3.63) is 85.1 Å². The average molecular weight is 500 g/mol. The SMILES string of the molecule is [2H]C([2H])([2H])n1cc(Nc2ncc(-c3ccc(C(F)(F)F)cc3)c(Nc3cc(NC(=O)C=C)ccc3F)n2)cn1. The van der Waals surface area contributed by atoms with Crippen LogP contribution in [0, 0.1) is 5.82 Å². The number of carbonyl (C=O) groups excluding carboxylic acids is 1. The van der Waals surface area contributed by atoms with Gasteiger partial charge >= 0.3 is 6.18 Å². The number of amides is 1. The van der Waals surface area contributed by atoms with Crippen LogP contribution in [0.15, 0.2) is 73.7 Å². The van der Waals surface area contributed by atoms with Crippen LogP contribution in [0.5, 0.6) is 0 Å². The number of anilines is 5. The molecule has 0 saturated heterocycles. The number of nitrogens with zero attached hydrogens (tertiary/aromatic N) is 4. The number of aromatic nitrogens is 4. The second kappa shape index (κ2) is 9.86. The Labute approximate surface area is 206 Å². The highest BCUT2D eigenvalue weighted by Crippen LogP contribution is 2.34. The Morgan fingerprint density at radius 2 is 1.89 bits per heavy atom. The fraction of sp³-hybridized carbons (Fsp3) is 0.0833. The van der Waals surface area contributed by atoms with Crippen LogP contribution in [0.3, 0.4) is 0 Å². The highest BCUT2D eigenvalue weighted by Gasteiger charge is 2.30. The van der Waals surface area contributed by atoms with Gasteiger partial charge in [-0.1, -0.05) is 18.7 Å². The predicted molar refractivity (Wildman–Crippen MR) is 127 cm³/mol. The van der Waals surface area contributed by atoms with Crippen LogP contribution in [-0.2, 0) is 17.9 Å². The molecular weight excluding hydrogens is 478 g/mol. The van der Waals surface area contributed by atoms with Crippen molar-refractivity contribution in [2.75, 3.05) is 16.0 Å². The van der Waals surface area contributed by atoms with Crippen LogP contribution in [0.4, 0.5) is 46.4 Å². The number of alkyl halides is 3. The quantitative estimate of drug-likeness (QED) is 0.224. The lowest BCUT2D eigenvalue weighted by Crippen LogP contribution is -2.08. The van der Waals surface area contributed by atoms with E-state index >= 15 is 0 Å². The Hall–Kier alpha value is -4.74. The zero-order valence-electron chi connectivity index (χ0n) is 21.3. The van der Waals surface area contributed by atoms with Crippen molar-refractivity contribution in [1.82, 2.24) is 19.7 Å². The summed E-state index contributed by atoms with van der Waals surface area (Å²) in [4.78, 5) is 20.1. The van der Waals surface area contributed by atoms with Crippen LogP contribution >= 0.6 is 0 Å². The summed E-state index contributed by atoms with van der Waals surface area (Å²) in [6.07, 6.45) is 0.241. The summed E-state index contributed by atoms with van der Waals surface area (Å²) < 4.78 is 76.9. The molecule has 4 rings (SSSR count). The summed E-state index contributed by atoms with van der Waals surface area (Å²) in [6, 6.07) is 7.94. The topological polar surface area (TPSA) is 96.8 Å². The second-order valence-corrected chi connectivity index (χ2v) is 7.34. The Bertz CT molecular complexity index is 1520. The minimum Gasteiger partial charge on any atom is -0.337 e. The normalized spacial score (nSPS) is 12.7. The summed E-state index contributed by atoms with van der Waals surface area (Å²) in [5.41, 5.74) is 0.0352. The van der Waals surface area contributed by atoms with E-state index in [1.165, 1.54) is 42.9 Å². The van der Waals surface area contributed by atoms with Crippen molar-refractivity contribution in [2.24, 2.45) is 6.98 Å². The molecule has 0 aliphatic carbocycles. The van der Waals surface area contributed by atoms with Crippen molar-refractivity contribution >= 4 is 34.7 Å². The molecule has 0 unspecified atom stereocenters. The molecule has 1 amide bonds. The van der Waals surface area contributed by atoms with Gasteiger partial charge in [0.25, 0.3) is 0 Å². The fourth-order valence-corrected chi connectivity index (χ4v) is 3.12. The van der Waals surface area contributed by atoms with Gasteiger partial charge in [0, 0.05) is 34.7 Å². The molecule has 36 heavy (non-hydrogen) atoms. The number of rotatable bonds is 7. The number of carbonyl (C=O) groups is 1. The lowest BCUT2D eigenvalue weighted by atomic mass is 10.1. The van der Waals surface area contributed by atoms with E-state index in [1.54, 1.807) is 0 Å². The third-order valence-electron chi connectivity index (χ3n) is 4.82. The van der Waals surface area contributed by atoms with E-state index < -0.39 is 30.4 Å². The van der Waals surface area contributed by atoms with Gasteiger partial charge in [0.1, 0.15) is 11.6 Å². The van der Waals surface area contributed by atoms with Crippen LogP contribution in [0.25, 0.3) is 11.1 Å². The predicted octanol–water partition coefficient (Wildman–Crippen LogP) is 5.65. The third kappa shape index (κ3) is 5.66. The van der Waals surface area contributed by atoms with E-state index in [2.05, 4.69) is 37.6 Å². The van der Waals surface area contributed by atoms with Crippen LogP contribution < -0.4 is 16.0 Å². The minimum atomic E-state index is -4.54. The highest BCUT2D eigenvalue weighted by atomic mass is 19.4. The third-order valence-corrected chi connectivity index (χ3v) is 4.82. The lowest BCUT2D eigenvalue weighted by Gasteiger charge is -2.15. The van der Waals surface area contributed by atoms with Crippen molar-refractivity contribution in [3.8, 4) is 11.1 Å².